The summed E-state index contributed by atoms with van der Waals surface area (Å²) < 4.78 is 4.99. The standard InChI is InChI=1S/C19H21N5O2S/c1-13-22-17(23-26-13)12-27-16-9-5-4-8-15(16)19(25)21-11-14-7-6-10-20-18(14)24(2)3/h4-10H,11-12H2,1-3H3,(H,21,25). The second kappa shape index (κ2) is 8.68. The van der Waals surface area contributed by atoms with Crippen molar-refractivity contribution in [3.8, 4) is 0 Å². The molecule has 0 saturated carbocycles. The number of nitrogens with zero attached hydrogens (tertiary/aromatic N) is 4. The summed E-state index contributed by atoms with van der Waals surface area (Å²) in [5.41, 5.74) is 1.58. The number of amides is 1. The van der Waals surface area contributed by atoms with Crippen molar-refractivity contribution in [2.45, 2.75) is 24.1 Å². The normalized spacial score (nSPS) is 10.6. The van der Waals surface area contributed by atoms with Gasteiger partial charge in [0.05, 0.1) is 11.3 Å². The Bertz CT molecular complexity index is 926. The van der Waals surface area contributed by atoms with Crippen LogP contribution < -0.4 is 10.2 Å². The molecule has 0 fully saturated rings. The van der Waals surface area contributed by atoms with Crippen molar-refractivity contribution in [2.75, 3.05) is 19.0 Å². The molecule has 0 aliphatic heterocycles. The summed E-state index contributed by atoms with van der Waals surface area (Å²) in [4.78, 5) is 24.1. The summed E-state index contributed by atoms with van der Waals surface area (Å²) in [6, 6.07) is 11.3. The third-order valence-corrected chi connectivity index (χ3v) is 4.86. The lowest BCUT2D eigenvalue weighted by molar-refractivity contribution is 0.0948. The summed E-state index contributed by atoms with van der Waals surface area (Å²) >= 11 is 1.51. The lowest BCUT2D eigenvalue weighted by atomic mass is 10.2. The lowest BCUT2D eigenvalue weighted by Crippen LogP contribution is -2.25. The first-order chi connectivity index (χ1) is 13.0. The molecule has 3 aromatic rings. The van der Waals surface area contributed by atoms with Gasteiger partial charge in [-0.3, -0.25) is 4.79 Å². The Morgan fingerprint density at radius 2 is 2.04 bits per heavy atom. The molecule has 7 nitrogen and oxygen atoms in total. The fraction of sp³-hybridized carbons (Fsp3) is 0.263. The van der Waals surface area contributed by atoms with E-state index in [2.05, 4.69) is 20.4 Å². The van der Waals surface area contributed by atoms with E-state index in [1.807, 2.05) is 55.4 Å². The average Bonchev–Trinajstić information content (AvgIpc) is 3.10. The van der Waals surface area contributed by atoms with Crippen LogP contribution in [0.15, 0.2) is 52.0 Å². The van der Waals surface area contributed by atoms with Crippen LogP contribution in [0.3, 0.4) is 0 Å². The van der Waals surface area contributed by atoms with Crippen LogP contribution in [-0.4, -0.2) is 35.1 Å². The van der Waals surface area contributed by atoms with Crippen molar-refractivity contribution in [1.29, 1.82) is 0 Å². The molecule has 0 atom stereocenters. The van der Waals surface area contributed by atoms with Gasteiger partial charge in [-0.15, -0.1) is 11.8 Å². The molecule has 1 amide bonds. The topological polar surface area (TPSA) is 84.2 Å². The molecule has 140 valence electrons. The number of benzene rings is 1. The van der Waals surface area contributed by atoms with Crippen LogP contribution >= 0.6 is 11.8 Å². The molecule has 8 heteroatoms. The van der Waals surface area contributed by atoms with E-state index < -0.39 is 0 Å². The molecule has 0 unspecified atom stereocenters. The predicted molar refractivity (Wildman–Crippen MR) is 105 cm³/mol. The molecule has 0 spiro atoms. The fourth-order valence-corrected chi connectivity index (χ4v) is 3.46. The Kier molecular flexibility index (Phi) is 6.08. The number of aromatic nitrogens is 3. The second-order valence-corrected chi connectivity index (χ2v) is 7.09. The van der Waals surface area contributed by atoms with Crippen LogP contribution in [0.5, 0.6) is 0 Å². The van der Waals surface area contributed by atoms with Crippen molar-refractivity contribution in [3.05, 3.63) is 65.4 Å². The second-order valence-electron chi connectivity index (χ2n) is 6.08. The van der Waals surface area contributed by atoms with Crippen LogP contribution in [0.2, 0.25) is 0 Å². The molecule has 0 aliphatic rings. The lowest BCUT2D eigenvalue weighted by Gasteiger charge is -2.16. The van der Waals surface area contributed by atoms with Crippen LogP contribution in [0.4, 0.5) is 5.82 Å². The van der Waals surface area contributed by atoms with Crippen molar-refractivity contribution >= 4 is 23.5 Å². The number of carbonyl (C=O) groups is 1. The van der Waals surface area contributed by atoms with Gasteiger partial charge in [0.2, 0.25) is 5.89 Å². The van der Waals surface area contributed by atoms with Gasteiger partial charge in [-0.1, -0.05) is 23.4 Å². The highest BCUT2D eigenvalue weighted by atomic mass is 32.2. The van der Waals surface area contributed by atoms with E-state index in [-0.39, 0.29) is 5.91 Å². The van der Waals surface area contributed by atoms with Gasteiger partial charge in [0.1, 0.15) is 5.82 Å². The minimum Gasteiger partial charge on any atom is -0.362 e. The SMILES string of the molecule is Cc1nc(CSc2ccccc2C(=O)NCc2cccnc2N(C)C)no1. The van der Waals surface area contributed by atoms with Gasteiger partial charge in [0.25, 0.3) is 5.91 Å². The molecule has 1 aromatic carbocycles. The number of thioether (sulfide) groups is 1. The molecule has 2 heterocycles. The third-order valence-electron chi connectivity index (χ3n) is 3.79. The Morgan fingerprint density at radius 3 is 2.78 bits per heavy atom. The first kappa shape index (κ1) is 18.9. The van der Waals surface area contributed by atoms with Crippen molar-refractivity contribution < 1.29 is 9.32 Å². The molecule has 0 bridgehead atoms. The zero-order valence-corrected chi connectivity index (χ0v) is 16.3. The smallest absolute Gasteiger partial charge is 0.252 e. The average molecular weight is 383 g/mol. The van der Waals surface area contributed by atoms with Gasteiger partial charge in [-0.2, -0.15) is 4.98 Å². The summed E-state index contributed by atoms with van der Waals surface area (Å²) in [5.74, 6) is 2.39. The van der Waals surface area contributed by atoms with Gasteiger partial charge in [-0.05, 0) is 18.2 Å². The monoisotopic (exact) mass is 383 g/mol. The van der Waals surface area contributed by atoms with Gasteiger partial charge >= 0.3 is 0 Å². The van der Waals surface area contributed by atoms with Crippen LogP contribution in [0, 0.1) is 6.92 Å². The highest BCUT2D eigenvalue weighted by Gasteiger charge is 2.14. The number of hydrogen-bond acceptors (Lipinski definition) is 7. The first-order valence-electron chi connectivity index (χ1n) is 8.45. The van der Waals surface area contributed by atoms with E-state index in [1.165, 1.54) is 11.8 Å². The van der Waals surface area contributed by atoms with Crippen molar-refractivity contribution in [1.82, 2.24) is 20.4 Å². The molecule has 0 aliphatic carbocycles. The van der Waals surface area contributed by atoms with E-state index >= 15 is 0 Å². The molecule has 1 N–H and O–H groups in total. The van der Waals surface area contributed by atoms with Gasteiger partial charge < -0.3 is 14.7 Å². The van der Waals surface area contributed by atoms with Crippen LogP contribution in [-0.2, 0) is 12.3 Å². The Morgan fingerprint density at radius 1 is 1.22 bits per heavy atom. The Hall–Kier alpha value is -2.87. The number of aryl methyl sites for hydroxylation is 1. The molecule has 3 rings (SSSR count). The molecular weight excluding hydrogens is 362 g/mol. The number of rotatable bonds is 7. The summed E-state index contributed by atoms with van der Waals surface area (Å²) in [6.07, 6.45) is 1.74. The minimum atomic E-state index is -0.129. The number of carbonyl (C=O) groups excluding carboxylic acids is 1. The van der Waals surface area contributed by atoms with Gasteiger partial charge in [0, 0.05) is 44.2 Å². The van der Waals surface area contributed by atoms with Crippen molar-refractivity contribution in [2.24, 2.45) is 0 Å². The van der Waals surface area contributed by atoms with Gasteiger partial charge in [0.15, 0.2) is 5.82 Å². The molecule has 2 aromatic heterocycles. The number of anilines is 1. The van der Waals surface area contributed by atoms with E-state index in [1.54, 1.807) is 13.1 Å². The summed E-state index contributed by atoms with van der Waals surface area (Å²) in [6.45, 7) is 2.16. The quantitative estimate of drug-likeness (QED) is 0.628. The maximum atomic E-state index is 12.7. The zero-order valence-electron chi connectivity index (χ0n) is 15.5. The Labute approximate surface area is 162 Å². The van der Waals surface area contributed by atoms with E-state index in [0.717, 1.165) is 16.3 Å². The van der Waals surface area contributed by atoms with E-state index in [9.17, 15) is 4.79 Å². The maximum absolute atomic E-state index is 12.7. The number of hydrogen-bond donors (Lipinski definition) is 1. The van der Waals surface area contributed by atoms with Crippen LogP contribution in [0.25, 0.3) is 0 Å². The molecule has 0 saturated heterocycles. The minimum absolute atomic E-state index is 0.129. The highest BCUT2D eigenvalue weighted by Crippen LogP contribution is 2.25. The molecular formula is C19H21N5O2S. The third kappa shape index (κ3) is 4.85. The number of pyridine rings is 1. The highest BCUT2D eigenvalue weighted by molar-refractivity contribution is 7.98. The van der Waals surface area contributed by atoms with Crippen molar-refractivity contribution in [3.63, 3.8) is 0 Å². The number of nitrogens with one attached hydrogen (secondary N) is 1. The Balaban J connectivity index is 1.68. The molecule has 0 radical (unpaired) electrons. The molecule has 27 heavy (non-hydrogen) atoms. The van der Waals surface area contributed by atoms with E-state index in [4.69, 9.17) is 4.52 Å². The summed E-state index contributed by atoms with van der Waals surface area (Å²) in [7, 11) is 3.86. The van der Waals surface area contributed by atoms with Crippen LogP contribution in [0.1, 0.15) is 27.6 Å². The predicted octanol–water partition coefficient (Wildman–Crippen LogP) is 3.06. The summed E-state index contributed by atoms with van der Waals surface area (Å²) in [5, 5.41) is 6.87. The van der Waals surface area contributed by atoms with E-state index in [0.29, 0.717) is 29.6 Å². The van der Waals surface area contributed by atoms with Gasteiger partial charge in [-0.25, -0.2) is 4.98 Å². The zero-order chi connectivity index (χ0) is 19.2. The maximum Gasteiger partial charge on any atom is 0.252 e. The first-order valence-corrected chi connectivity index (χ1v) is 9.43. The largest absolute Gasteiger partial charge is 0.362 e. The fourth-order valence-electron chi connectivity index (χ4n) is 2.56.